The Bertz CT molecular complexity index is 440. The van der Waals surface area contributed by atoms with Crippen molar-refractivity contribution in [1.82, 2.24) is 0 Å². The maximum atomic E-state index is 8.56. The van der Waals surface area contributed by atoms with Gasteiger partial charge in [0.05, 0.1) is 12.2 Å². The van der Waals surface area contributed by atoms with Crippen molar-refractivity contribution in [3.8, 4) is 0 Å². The van der Waals surface area contributed by atoms with Crippen molar-refractivity contribution in [3.63, 3.8) is 0 Å². The van der Waals surface area contributed by atoms with E-state index in [1.807, 2.05) is 0 Å². The van der Waals surface area contributed by atoms with Gasteiger partial charge in [0.1, 0.15) is 0 Å². The van der Waals surface area contributed by atoms with Crippen molar-refractivity contribution in [1.29, 1.82) is 0 Å². The summed E-state index contributed by atoms with van der Waals surface area (Å²) in [5.41, 5.74) is 0.677. The van der Waals surface area contributed by atoms with E-state index in [4.69, 9.17) is 40.5 Å². The van der Waals surface area contributed by atoms with Crippen LogP contribution in [0.5, 0.6) is 0 Å². The van der Waals surface area contributed by atoms with Crippen molar-refractivity contribution in [2.24, 2.45) is 22.7 Å². The van der Waals surface area contributed by atoms with Gasteiger partial charge >= 0.3 is 12.3 Å². The minimum Gasteiger partial charge on any atom is -0.450 e. The Hall–Kier alpha value is -1.62. The second kappa shape index (κ2) is 14.4. The van der Waals surface area contributed by atoms with Crippen LogP contribution in [0.15, 0.2) is 0 Å². The number of carbonyl (C=O) groups is 2. The molecule has 4 unspecified atom stereocenters. The van der Waals surface area contributed by atoms with Gasteiger partial charge in [-0.05, 0) is 61.2 Å². The summed E-state index contributed by atoms with van der Waals surface area (Å²) in [4.78, 5) is 25.9. The molecule has 2 fully saturated rings. The van der Waals surface area contributed by atoms with Crippen LogP contribution in [0, 0.1) is 22.7 Å². The maximum absolute atomic E-state index is 8.56. The predicted octanol–water partition coefficient (Wildman–Crippen LogP) is 5.83. The molecule has 4 atom stereocenters. The Morgan fingerprint density at radius 3 is 1.07 bits per heavy atom. The zero-order chi connectivity index (χ0) is 24.1. The Morgan fingerprint density at radius 1 is 0.667 bits per heavy atom. The molecule has 0 amide bonds. The molecule has 0 aromatic rings. The Balaban J connectivity index is 0. The molecular formula is C20H40O10. The number of hydrogen-bond donors (Lipinski definition) is 6. The molecule has 10 nitrogen and oxygen atoms in total. The smallest absolute Gasteiger partial charge is 0.450 e. The fraction of sp³-hybridized carbons (Fsp3) is 0.900. The van der Waals surface area contributed by atoms with Crippen LogP contribution >= 0.6 is 0 Å². The highest BCUT2D eigenvalue weighted by Crippen LogP contribution is 2.40. The second-order valence-electron chi connectivity index (χ2n) is 9.85. The summed E-state index contributed by atoms with van der Waals surface area (Å²) in [6.45, 7) is 13.4. The van der Waals surface area contributed by atoms with Gasteiger partial charge in [0.15, 0.2) is 0 Å². The molecule has 180 valence electrons. The van der Waals surface area contributed by atoms with Crippen molar-refractivity contribution < 1.29 is 50.3 Å². The van der Waals surface area contributed by atoms with Crippen LogP contribution in [0.3, 0.4) is 0 Å². The third-order valence-corrected chi connectivity index (χ3v) is 4.99. The molecule has 0 radical (unpaired) electrons. The first-order chi connectivity index (χ1) is 13.5. The Morgan fingerprint density at radius 2 is 0.900 bits per heavy atom. The maximum Gasteiger partial charge on any atom is 0.503 e. The lowest BCUT2D eigenvalue weighted by atomic mass is 9.71. The highest BCUT2D eigenvalue weighted by atomic mass is 17.1. The predicted molar refractivity (Wildman–Crippen MR) is 110 cm³/mol. The van der Waals surface area contributed by atoms with E-state index in [0.717, 1.165) is 25.7 Å². The third-order valence-electron chi connectivity index (χ3n) is 4.99. The highest BCUT2D eigenvalue weighted by molar-refractivity contribution is 5.53. The fourth-order valence-electron chi connectivity index (χ4n) is 4.68. The van der Waals surface area contributed by atoms with Crippen molar-refractivity contribution in [2.45, 2.75) is 92.3 Å². The minimum absolute atomic E-state index is 0.0637. The topological polar surface area (TPSA) is 174 Å². The molecule has 2 saturated carbocycles. The molecule has 0 spiro atoms. The molecule has 0 aliphatic heterocycles. The molecule has 2 rings (SSSR count). The van der Waals surface area contributed by atoms with Crippen molar-refractivity contribution >= 4 is 12.3 Å². The SMILES string of the molecule is CC1CC(OO)CC(C)(C)C1.CC1CC(OO)CC(C)(C)C1.O=C(O)O.O=C(O)O. The lowest BCUT2D eigenvalue weighted by Crippen LogP contribution is -2.31. The number of rotatable bonds is 2. The summed E-state index contributed by atoms with van der Waals surface area (Å²) >= 11 is 0. The normalized spacial score (nSPS) is 28.8. The van der Waals surface area contributed by atoms with Gasteiger partial charge in [-0.3, -0.25) is 10.5 Å². The minimum atomic E-state index is -1.83. The molecule has 0 heterocycles. The lowest BCUT2D eigenvalue weighted by Gasteiger charge is -2.37. The molecule has 0 bridgehead atoms. The zero-order valence-corrected chi connectivity index (χ0v) is 18.9. The number of carboxylic acid groups (broad SMARTS) is 4. The molecule has 2 aliphatic carbocycles. The summed E-state index contributed by atoms with van der Waals surface area (Å²) < 4.78 is 0. The van der Waals surface area contributed by atoms with Gasteiger partial charge in [0.25, 0.3) is 0 Å². The van der Waals surface area contributed by atoms with Crippen LogP contribution < -0.4 is 0 Å². The average Bonchev–Trinajstić information content (AvgIpc) is 2.50. The zero-order valence-electron chi connectivity index (χ0n) is 18.9. The van der Waals surface area contributed by atoms with Crippen LogP contribution in [-0.2, 0) is 9.78 Å². The van der Waals surface area contributed by atoms with Gasteiger partial charge in [0.2, 0.25) is 0 Å². The molecule has 6 N–H and O–H groups in total. The molecule has 0 aromatic heterocycles. The Kier molecular flexibility index (Phi) is 14.7. The molecule has 0 saturated heterocycles. The summed E-state index contributed by atoms with van der Waals surface area (Å²) in [5, 5.41) is 45.0. The number of hydrogen-bond acceptors (Lipinski definition) is 6. The van der Waals surface area contributed by atoms with Gasteiger partial charge in [-0.2, -0.15) is 0 Å². The van der Waals surface area contributed by atoms with Gasteiger partial charge in [-0.1, -0.05) is 41.5 Å². The summed E-state index contributed by atoms with van der Waals surface area (Å²) in [6, 6.07) is 0. The first kappa shape index (κ1) is 30.6. The largest absolute Gasteiger partial charge is 0.503 e. The molecule has 0 aromatic carbocycles. The van der Waals surface area contributed by atoms with Crippen LogP contribution in [-0.4, -0.2) is 55.5 Å². The first-order valence-electron chi connectivity index (χ1n) is 9.97. The third kappa shape index (κ3) is 18.4. The molecule has 30 heavy (non-hydrogen) atoms. The quantitative estimate of drug-likeness (QED) is 0.226. The van der Waals surface area contributed by atoms with Gasteiger partial charge in [-0.25, -0.2) is 19.4 Å². The van der Waals surface area contributed by atoms with Gasteiger partial charge in [0, 0.05) is 0 Å². The van der Waals surface area contributed by atoms with E-state index < -0.39 is 12.3 Å². The summed E-state index contributed by atoms with van der Waals surface area (Å²) in [7, 11) is 0. The molecule has 10 heteroatoms. The molecular weight excluding hydrogens is 400 g/mol. The Labute approximate surface area is 178 Å². The summed E-state index contributed by atoms with van der Waals surface area (Å²) in [5.74, 6) is 1.35. The van der Waals surface area contributed by atoms with Crippen molar-refractivity contribution in [3.05, 3.63) is 0 Å². The fourth-order valence-corrected chi connectivity index (χ4v) is 4.68. The lowest BCUT2D eigenvalue weighted by molar-refractivity contribution is -0.292. The first-order valence-corrected chi connectivity index (χ1v) is 9.97. The van der Waals surface area contributed by atoms with E-state index >= 15 is 0 Å². The molecule has 2 aliphatic rings. The summed E-state index contributed by atoms with van der Waals surface area (Å²) in [6.07, 6.45) is 2.91. The van der Waals surface area contributed by atoms with E-state index in [1.165, 1.54) is 12.8 Å². The standard InChI is InChI=1S/2C9H18O2.2CH2O3/c2*1-7-4-8(11-10)6-9(2,3)5-7;2*2-1(3)4/h2*7-8,10H,4-6H2,1-3H3;2*(H2,2,3,4). The van der Waals surface area contributed by atoms with E-state index in [0.29, 0.717) is 22.7 Å². The monoisotopic (exact) mass is 440 g/mol. The average molecular weight is 441 g/mol. The van der Waals surface area contributed by atoms with E-state index in [2.05, 4.69) is 51.3 Å². The van der Waals surface area contributed by atoms with Crippen molar-refractivity contribution in [2.75, 3.05) is 0 Å². The second-order valence-corrected chi connectivity index (χ2v) is 9.85. The highest BCUT2D eigenvalue weighted by Gasteiger charge is 2.33. The van der Waals surface area contributed by atoms with Gasteiger partial charge < -0.3 is 20.4 Å². The van der Waals surface area contributed by atoms with Crippen LogP contribution in [0.25, 0.3) is 0 Å². The van der Waals surface area contributed by atoms with Crippen LogP contribution in [0.2, 0.25) is 0 Å². The van der Waals surface area contributed by atoms with Crippen LogP contribution in [0.1, 0.15) is 80.1 Å². The van der Waals surface area contributed by atoms with E-state index in [-0.39, 0.29) is 12.2 Å². The van der Waals surface area contributed by atoms with Crippen LogP contribution in [0.4, 0.5) is 9.59 Å². The van der Waals surface area contributed by atoms with E-state index in [9.17, 15) is 0 Å². The van der Waals surface area contributed by atoms with E-state index in [1.54, 1.807) is 0 Å². The van der Waals surface area contributed by atoms with Gasteiger partial charge in [-0.15, -0.1) is 0 Å².